The van der Waals surface area contributed by atoms with Crippen molar-refractivity contribution in [2.45, 2.75) is 12.3 Å². The van der Waals surface area contributed by atoms with Crippen LogP contribution in [-0.2, 0) is 6.42 Å². The number of amidine groups is 1. The van der Waals surface area contributed by atoms with E-state index in [1.807, 2.05) is 48.6 Å². The number of carbonyl (C=O) groups is 1. The molecule has 0 spiro atoms. The van der Waals surface area contributed by atoms with E-state index in [1.165, 1.54) is 0 Å². The van der Waals surface area contributed by atoms with E-state index in [0.717, 1.165) is 45.2 Å². The molecule has 5 aromatic rings. The zero-order valence-corrected chi connectivity index (χ0v) is 25.1. The van der Waals surface area contributed by atoms with Gasteiger partial charge in [0.15, 0.2) is 10.0 Å². The summed E-state index contributed by atoms with van der Waals surface area (Å²) in [7, 11) is 0. The maximum atomic E-state index is 13.8. The molecule has 0 aliphatic carbocycles. The first-order chi connectivity index (χ1) is 20.4. The van der Waals surface area contributed by atoms with Crippen LogP contribution in [0.3, 0.4) is 0 Å². The van der Waals surface area contributed by atoms with Crippen molar-refractivity contribution >= 4 is 77.3 Å². The van der Waals surface area contributed by atoms with E-state index in [4.69, 9.17) is 15.1 Å². The topological polar surface area (TPSA) is 163 Å². The van der Waals surface area contributed by atoms with Gasteiger partial charge in [-0.05, 0) is 35.8 Å². The normalized spacial score (nSPS) is 15.1. The maximum absolute atomic E-state index is 13.8. The number of pyridine rings is 1. The molecule has 0 saturated carbocycles. The Hall–Kier alpha value is -4.27. The summed E-state index contributed by atoms with van der Waals surface area (Å²) in [5, 5.41) is 15.9. The third kappa shape index (κ3) is 5.47. The smallest absolute Gasteiger partial charge is 0.274 e. The first kappa shape index (κ1) is 27.9. The largest absolute Gasteiger partial charge is 0.492 e. The van der Waals surface area contributed by atoms with Crippen LogP contribution >= 0.6 is 38.8 Å². The average molecular weight is 667 g/mol. The predicted octanol–water partition coefficient (Wildman–Crippen LogP) is 5.13. The number of furan rings is 1. The van der Waals surface area contributed by atoms with E-state index in [-0.39, 0.29) is 27.3 Å². The van der Waals surface area contributed by atoms with Gasteiger partial charge < -0.3 is 25.5 Å². The molecule has 4 aromatic heterocycles. The molecule has 0 fully saturated rings. The van der Waals surface area contributed by atoms with Crippen molar-refractivity contribution in [2.24, 2.45) is 10.7 Å². The predicted molar refractivity (Wildman–Crippen MR) is 169 cm³/mol. The number of nitrogens with one attached hydrogen (secondary N) is 2. The molecule has 42 heavy (non-hydrogen) atoms. The summed E-state index contributed by atoms with van der Waals surface area (Å²) < 4.78 is 7.95. The van der Waals surface area contributed by atoms with Crippen LogP contribution < -0.4 is 21.5 Å². The number of hydrogen-bond donors (Lipinski definition) is 4. The molecule has 11 nitrogen and oxygen atoms in total. The molecule has 14 heteroatoms. The third-order valence-corrected chi connectivity index (χ3v) is 8.78. The van der Waals surface area contributed by atoms with E-state index in [0.29, 0.717) is 35.5 Å². The van der Waals surface area contributed by atoms with Gasteiger partial charge in [0.2, 0.25) is 5.88 Å². The maximum Gasteiger partial charge on any atom is 0.274 e. The summed E-state index contributed by atoms with van der Waals surface area (Å²) in [6.07, 6.45) is 6.12. The molecular weight excluding hydrogens is 642 g/mol. The number of H-pyrrole nitrogens is 1. The number of nitrogens with zero attached hydrogens (tertiary/aromatic N) is 4. The summed E-state index contributed by atoms with van der Waals surface area (Å²) >= 11 is 5.42. The van der Waals surface area contributed by atoms with Crippen LogP contribution in [0.2, 0.25) is 0 Å². The number of thiazole rings is 1. The molecule has 5 heterocycles. The van der Waals surface area contributed by atoms with Crippen molar-refractivity contribution in [2.75, 3.05) is 28.6 Å². The Morgan fingerprint density at radius 1 is 1.31 bits per heavy atom. The van der Waals surface area contributed by atoms with Crippen LogP contribution in [0, 0.1) is 0 Å². The molecule has 1 aliphatic rings. The van der Waals surface area contributed by atoms with Crippen molar-refractivity contribution in [1.29, 1.82) is 0 Å². The lowest BCUT2D eigenvalue weighted by Crippen LogP contribution is -2.29. The van der Waals surface area contributed by atoms with Gasteiger partial charge in [0.1, 0.15) is 22.2 Å². The minimum atomic E-state index is -0.410. The molecule has 0 radical (unpaired) electrons. The standard InChI is InChI=1S/C28H24BrN7O4S2/c29-10-3-6-16-14-36(19-13-15-5-1-2-8-18(15)32-21(16)19)27(39)22-25(38)33-28(41-22)34-26-20(24(37)35-42-26)23(30)31-11-9-17-7-4-12-40-17/h1-8,12-13,16,38H,9-11,14H2,(H2,30,31)(H,33,34)(H,35,37). The monoisotopic (exact) mass is 665 g/mol. The highest BCUT2D eigenvalue weighted by molar-refractivity contribution is 9.09. The van der Waals surface area contributed by atoms with Gasteiger partial charge in [-0.15, -0.1) is 0 Å². The molecule has 1 aliphatic heterocycles. The molecule has 214 valence electrons. The third-order valence-electron chi connectivity index (χ3n) is 6.66. The number of halogens is 1. The first-order valence-electron chi connectivity index (χ1n) is 12.9. The van der Waals surface area contributed by atoms with Crippen molar-refractivity contribution in [1.82, 2.24) is 14.3 Å². The number of aromatic nitrogens is 3. The highest BCUT2D eigenvalue weighted by atomic mass is 79.9. The number of aromatic amines is 1. The fourth-order valence-electron chi connectivity index (χ4n) is 4.72. The number of para-hydroxylation sites is 1. The van der Waals surface area contributed by atoms with Crippen LogP contribution in [0.4, 0.5) is 15.8 Å². The number of aromatic hydroxyl groups is 1. The van der Waals surface area contributed by atoms with E-state index in [1.54, 1.807) is 17.2 Å². The van der Waals surface area contributed by atoms with Crippen LogP contribution in [-0.4, -0.2) is 49.6 Å². The second-order valence-electron chi connectivity index (χ2n) is 9.32. The molecule has 1 unspecified atom stereocenters. The van der Waals surface area contributed by atoms with Gasteiger partial charge in [-0.25, -0.2) is 4.98 Å². The lowest BCUT2D eigenvalue weighted by atomic mass is 10.1. The van der Waals surface area contributed by atoms with Gasteiger partial charge in [0, 0.05) is 36.1 Å². The molecule has 1 aromatic carbocycles. The van der Waals surface area contributed by atoms with Gasteiger partial charge in [-0.1, -0.05) is 57.6 Å². The molecule has 1 amide bonds. The summed E-state index contributed by atoms with van der Waals surface area (Å²) in [4.78, 5) is 41.3. The van der Waals surface area contributed by atoms with Crippen molar-refractivity contribution in [3.63, 3.8) is 0 Å². The minimum absolute atomic E-state index is 0.0552. The second-order valence-corrected chi connectivity index (χ2v) is 11.8. The molecule has 6 rings (SSSR count). The second kappa shape index (κ2) is 11.9. The number of nitrogens with two attached hydrogens (primary N) is 1. The van der Waals surface area contributed by atoms with Gasteiger partial charge in [0.25, 0.3) is 11.5 Å². The number of anilines is 3. The van der Waals surface area contributed by atoms with Crippen LogP contribution in [0.5, 0.6) is 5.88 Å². The highest BCUT2D eigenvalue weighted by Gasteiger charge is 2.35. The highest BCUT2D eigenvalue weighted by Crippen LogP contribution is 2.41. The average Bonchev–Trinajstić information content (AvgIpc) is 3.78. The van der Waals surface area contributed by atoms with E-state index in [2.05, 4.69) is 35.6 Å². The van der Waals surface area contributed by atoms with Crippen LogP contribution in [0.1, 0.15) is 32.6 Å². The fourth-order valence-corrected chi connectivity index (χ4v) is 6.56. The number of hydrogen-bond acceptors (Lipinski definition) is 10. The Morgan fingerprint density at radius 3 is 2.98 bits per heavy atom. The first-order valence-corrected chi connectivity index (χ1v) is 15.6. The van der Waals surface area contributed by atoms with E-state index in [9.17, 15) is 14.7 Å². The Balaban J connectivity index is 1.25. The molecule has 5 N–H and O–H groups in total. The van der Waals surface area contributed by atoms with Gasteiger partial charge >= 0.3 is 0 Å². The van der Waals surface area contributed by atoms with Crippen molar-refractivity contribution in [3.05, 3.63) is 93.1 Å². The molecule has 0 saturated heterocycles. The Kier molecular flexibility index (Phi) is 7.91. The Morgan fingerprint density at radius 2 is 2.17 bits per heavy atom. The summed E-state index contributed by atoms with van der Waals surface area (Å²) in [6.45, 7) is 0.702. The number of rotatable bonds is 9. The minimum Gasteiger partial charge on any atom is -0.492 e. The number of alkyl halides is 1. The van der Waals surface area contributed by atoms with Gasteiger partial charge in [-0.3, -0.25) is 19.0 Å². The van der Waals surface area contributed by atoms with Gasteiger partial charge in [-0.2, -0.15) is 4.98 Å². The Labute approximate surface area is 255 Å². The molecular formula is C28H24BrN7O4S2. The van der Waals surface area contributed by atoms with Crippen LogP contribution in [0.15, 0.2) is 75.1 Å². The lowest BCUT2D eigenvalue weighted by Gasteiger charge is -2.16. The molecule has 0 bridgehead atoms. The zero-order valence-electron chi connectivity index (χ0n) is 21.9. The quantitative estimate of drug-likeness (QED) is 0.0729. The van der Waals surface area contributed by atoms with E-state index >= 15 is 0 Å². The van der Waals surface area contributed by atoms with Crippen molar-refractivity contribution in [3.8, 4) is 5.88 Å². The summed E-state index contributed by atoms with van der Waals surface area (Å²) in [5.74, 6) is -0.0953. The Bertz CT molecular complexity index is 1880. The number of amides is 1. The number of benzene rings is 1. The number of fused-ring (bicyclic) bond motifs is 2. The van der Waals surface area contributed by atoms with Crippen LogP contribution in [0.25, 0.3) is 10.9 Å². The van der Waals surface area contributed by atoms with E-state index < -0.39 is 17.3 Å². The lowest BCUT2D eigenvalue weighted by molar-refractivity contribution is 0.0990. The SMILES string of the molecule is NC(=NCCc1ccco1)c1c(Nc2nc(O)c(C(=O)N3CC(C=CCBr)c4nc5ccccc5cc43)s2)s[nH]c1=O. The summed E-state index contributed by atoms with van der Waals surface area (Å²) in [6, 6.07) is 13.3. The van der Waals surface area contributed by atoms with Gasteiger partial charge in [0.05, 0.1) is 23.2 Å². The van der Waals surface area contributed by atoms with Crippen molar-refractivity contribution < 1.29 is 14.3 Å². The fraction of sp³-hybridized carbons (Fsp3) is 0.179. The summed E-state index contributed by atoms with van der Waals surface area (Å²) in [5.41, 5.74) is 8.24. The number of aliphatic imine (C=N–C) groups is 1. The molecule has 1 atom stereocenters. The number of allylic oxidation sites excluding steroid dienone is 1. The zero-order chi connectivity index (χ0) is 29.2. The number of carbonyl (C=O) groups excluding carboxylic acids is 1.